The Morgan fingerprint density at radius 3 is 2.29 bits per heavy atom. The lowest BCUT2D eigenvalue weighted by atomic mass is 10.1. The van der Waals surface area contributed by atoms with E-state index in [1.54, 1.807) is 11.2 Å². The van der Waals surface area contributed by atoms with E-state index < -0.39 is 10.0 Å². The number of halogens is 1. The van der Waals surface area contributed by atoms with E-state index in [4.69, 9.17) is 4.99 Å². The zero-order chi connectivity index (χ0) is 19.9. The third kappa shape index (κ3) is 7.87. The molecule has 0 atom stereocenters. The third-order valence-corrected chi connectivity index (χ3v) is 6.73. The number of hydrogen-bond donors (Lipinski definition) is 2. The van der Waals surface area contributed by atoms with Gasteiger partial charge in [0.15, 0.2) is 5.96 Å². The fourth-order valence-corrected chi connectivity index (χ4v) is 4.62. The fourth-order valence-electron chi connectivity index (χ4n) is 3.48. The normalized spacial score (nSPS) is 16.5. The summed E-state index contributed by atoms with van der Waals surface area (Å²) in [6.45, 7) is 10.7. The average Bonchev–Trinajstić information content (AvgIpc) is 2.61. The van der Waals surface area contributed by atoms with Gasteiger partial charge in [0, 0.05) is 32.2 Å². The molecular formula is C20H35IN4O2S. The minimum Gasteiger partial charge on any atom is -0.357 e. The molecule has 0 amide bonds. The summed E-state index contributed by atoms with van der Waals surface area (Å²) >= 11 is 0. The third-order valence-electron chi connectivity index (χ3n) is 4.85. The van der Waals surface area contributed by atoms with Gasteiger partial charge in [-0.25, -0.2) is 12.7 Å². The van der Waals surface area contributed by atoms with Gasteiger partial charge < -0.3 is 10.6 Å². The highest BCUT2D eigenvalue weighted by Crippen LogP contribution is 2.14. The molecule has 1 saturated heterocycles. The first-order chi connectivity index (χ1) is 12.8. The molecule has 2 rings (SSSR count). The number of piperidine rings is 1. The Labute approximate surface area is 187 Å². The van der Waals surface area contributed by atoms with Gasteiger partial charge in [0.05, 0.1) is 5.75 Å². The van der Waals surface area contributed by atoms with Crippen LogP contribution in [0.25, 0.3) is 0 Å². The van der Waals surface area contributed by atoms with Crippen LogP contribution in [0.2, 0.25) is 0 Å². The van der Waals surface area contributed by atoms with Crippen LogP contribution in [0, 0.1) is 13.8 Å². The van der Waals surface area contributed by atoms with Gasteiger partial charge in [-0.15, -0.1) is 24.0 Å². The SMILES string of the molecule is CCNC(=NCCc1cc(C)cc(C)c1)NC1CCN(S(=O)(=O)CC)CC1.I. The number of rotatable bonds is 7. The van der Waals surface area contributed by atoms with Crippen molar-refractivity contribution in [3.8, 4) is 0 Å². The Bertz CT molecular complexity index is 724. The quantitative estimate of drug-likeness (QED) is 0.328. The highest BCUT2D eigenvalue weighted by atomic mass is 127. The van der Waals surface area contributed by atoms with Crippen molar-refractivity contribution in [2.45, 2.75) is 53.0 Å². The molecule has 1 fully saturated rings. The van der Waals surface area contributed by atoms with E-state index in [1.165, 1.54) is 16.7 Å². The molecule has 160 valence electrons. The summed E-state index contributed by atoms with van der Waals surface area (Å²) in [7, 11) is -3.08. The number of guanidine groups is 1. The molecule has 1 aliphatic rings. The number of aryl methyl sites for hydroxylation is 2. The lowest BCUT2D eigenvalue weighted by Crippen LogP contribution is -2.50. The molecule has 0 spiro atoms. The maximum absolute atomic E-state index is 12.0. The first-order valence-corrected chi connectivity index (χ1v) is 11.5. The second-order valence-corrected chi connectivity index (χ2v) is 9.48. The Hall–Kier alpha value is -0.870. The van der Waals surface area contributed by atoms with Crippen LogP contribution in [-0.2, 0) is 16.4 Å². The number of nitrogens with zero attached hydrogens (tertiary/aromatic N) is 2. The fraction of sp³-hybridized carbons (Fsp3) is 0.650. The van der Waals surface area contributed by atoms with Crippen LogP contribution in [0.1, 0.15) is 43.4 Å². The van der Waals surface area contributed by atoms with Crippen molar-refractivity contribution in [1.82, 2.24) is 14.9 Å². The molecular weight excluding hydrogens is 487 g/mol. The Kier molecular flexibility index (Phi) is 10.8. The molecule has 1 aliphatic heterocycles. The molecule has 6 nitrogen and oxygen atoms in total. The van der Waals surface area contributed by atoms with Crippen LogP contribution < -0.4 is 10.6 Å². The minimum atomic E-state index is -3.08. The highest BCUT2D eigenvalue weighted by molar-refractivity contribution is 14.0. The molecule has 28 heavy (non-hydrogen) atoms. The maximum atomic E-state index is 12.0. The van der Waals surface area contributed by atoms with E-state index in [1.807, 2.05) is 0 Å². The van der Waals surface area contributed by atoms with Gasteiger partial charge in [0.1, 0.15) is 0 Å². The topological polar surface area (TPSA) is 73.8 Å². The minimum absolute atomic E-state index is 0. The lowest BCUT2D eigenvalue weighted by Gasteiger charge is -2.32. The summed E-state index contributed by atoms with van der Waals surface area (Å²) in [5, 5.41) is 6.77. The predicted molar refractivity (Wildman–Crippen MR) is 128 cm³/mol. The standard InChI is InChI=1S/C20H34N4O2S.HI/c1-5-21-20(22-10-7-18-14-16(3)13-17(4)15-18)23-19-8-11-24(12-9-19)27(25,26)6-2;/h13-15,19H,5-12H2,1-4H3,(H2,21,22,23);1H. The summed E-state index contributed by atoms with van der Waals surface area (Å²) in [6.07, 6.45) is 2.52. The molecule has 0 radical (unpaired) electrons. The van der Waals surface area contributed by atoms with Crippen molar-refractivity contribution in [1.29, 1.82) is 0 Å². The average molecular weight is 522 g/mol. The predicted octanol–water partition coefficient (Wildman–Crippen LogP) is 2.83. The Morgan fingerprint density at radius 2 is 1.75 bits per heavy atom. The molecule has 0 unspecified atom stereocenters. The van der Waals surface area contributed by atoms with E-state index in [-0.39, 0.29) is 35.8 Å². The van der Waals surface area contributed by atoms with Crippen LogP contribution in [0.15, 0.2) is 23.2 Å². The molecule has 1 heterocycles. The summed E-state index contributed by atoms with van der Waals surface area (Å²) in [5.41, 5.74) is 3.88. The monoisotopic (exact) mass is 522 g/mol. The summed E-state index contributed by atoms with van der Waals surface area (Å²) < 4.78 is 25.6. The van der Waals surface area contributed by atoms with Gasteiger partial charge in [-0.05, 0) is 52.5 Å². The van der Waals surface area contributed by atoms with Crippen molar-refractivity contribution in [3.63, 3.8) is 0 Å². The van der Waals surface area contributed by atoms with Gasteiger partial charge in [-0.2, -0.15) is 0 Å². The van der Waals surface area contributed by atoms with Crippen molar-refractivity contribution in [2.24, 2.45) is 4.99 Å². The number of nitrogens with one attached hydrogen (secondary N) is 2. The van der Waals surface area contributed by atoms with Gasteiger partial charge in [-0.3, -0.25) is 4.99 Å². The van der Waals surface area contributed by atoms with Crippen molar-refractivity contribution >= 4 is 40.0 Å². The molecule has 0 aromatic heterocycles. The van der Waals surface area contributed by atoms with Gasteiger partial charge in [0.2, 0.25) is 10.0 Å². The molecule has 0 saturated carbocycles. The second kappa shape index (κ2) is 12.0. The van der Waals surface area contributed by atoms with Crippen molar-refractivity contribution in [2.75, 3.05) is 31.9 Å². The van der Waals surface area contributed by atoms with Crippen molar-refractivity contribution < 1.29 is 8.42 Å². The molecule has 0 bridgehead atoms. The van der Waals surface area contributed by atoms with E-state index >= 15 is 0 Å². The van der Waals surface area contributed by atoms with Gasteiger partial charge in [0.25, 0.3) is 0 Å². The molecule has 0 aliphatic carbocycles. The second-order valence-electron chi connectivity index (χ2n) is 7.22. The number of benzene rings is 1. The molecule has 1 aromatic carbocycles. The Morgan fingerprint density at radius 1 is 1.14 bits per heavy atom. The van der Waals surface area contributed by atoms with E-state index in [0.717, 1.165) is 38.3 Å². The zero-order valence-electron chi connectivity index (χ0n) is 17.5. The molecule has 1 aromatic rings. The van der Waals surface area contributed by atoms with Crippen LogP contribution in [0.5, 0.6) is 0 Å². The van der Waals surface area contributed by atoms with Crippen LogP contribution in [0.4, 0.5) is 0 Å². The van der Waals surface area contributed by atoms with Gasteiger partial charge in [-0.1, -0.05) is 29.3 Å². The molecule has 8 heteroatoms. The van der Waals surface area contributed by atoms with Crippen LogP contribution in [-0.4, -0.2) is 56.7 Å². The van der Waals surface area contributed by atoms with E-state index in [9.17, 15) is 8.42 Å². The maximum Gasteiger partial charge on any atom is 0.213 e. The molecule has 2 N–H and O–H groups in total. The van der Waals surface area contributed by atoms with E-state index in [0.29, 0.717) is 13.1 Å². The first kappa shape index (κ1) is 25.2. The first-order valence-electron chi connectivity index (χ1n) is 9.94. The van der Waals surface area contributed by atoms with Gasteiger partial charge >= 0.3 is 0 Å². The van der Waals surface area contributed by atoms with Crippen molar-refractivity contribution in [3.05, 3.63) is 34.9 Å². The van der Waals surface area contributed by atoms with Crippen LogP contribution >= 0.6 is 24.0 Å². The largest absolute Gasteiger partial charge is 0.357 e. The number of sulfonamides is 1. The summed E-state index contributed by atoms with van der Waals surface area (Å²) in [6, 6.07) is 6.87. The van der Waals surface area contributed by atoms with Crippen LogP contribution in [0.3, 0.4) is 0 Å². The number of hydrogen-bond acceptors (Lipinski definition) is 3. The summed E-state index contributed by atoms with van der Waals surface area (Å²) in [5.74, 6) is 0.992. The zero-order valence-corrected chi connectivity index (χ0v) is 20.6. The smallest absolute Gasteiger partial charge is 0.213 e. The van der Waals surface area contributed by atoms with E-state index in [2.05, 4.69) is 49.6 Å². The Balaban J connectivity index is 0.00000392. The highest BCUT2D eigenvalue weighted by Gasteiger charge is 2.26. The number of aliphatic imine (C=N–C) groups is 1. The lowest BCUT2D eigenvalue weighted by molar-refractivity contribution is 0.306. The summed E-state index contributed by atoms with van der Waals surface area (Å²) in [4.78, 5) is 4.71.